The van der Waals surface area contributed by atoms with Crippen molar-refractivity contribution in [1.82, 2.24) is 4.90 Å². The summed E-state index contributed by atoms with van der Waals surface area (Å²) in [5.41, 5.74) is 0.296. The van der Waals surface area contributed by atoms with Gasteiger partial charge in [-0.3, -0.25) is 9.59 Å². The minimum Gasteiger partial charge on any atom is -0.503 e. The largest absolute Gasteiger partial charge is 0.503 e. The first-order valence-electron chi connectivity index (χ1n) is 6.51. The predicted molar refractivity (Wildman–Crippen MR) is 72.9 cm³/mol. The van der Waals surface area contributed by atoms with Gasteiger partial charge in [0.15, 0.2) is 11.5 Å². The number of rotatable bonds is 4. The van der Waals surface area contributed by atoms with Crippen molar-refractivity contribution in [3.05, 3.63) is 47.0 Å². The van der Waals surface area contributed by atoms with Crippen LogP contribution in [0.4, 0.5) is 4.39 Å². The van der Waals surface area contributed by atoms with Gasteiger partial charge >= 0.3 is 0 Å². The van der Waals surface area contributed by atoms with Crippen molar-refractivity contribution in [2.75, 3.05) is 6.54 Å². The molecule has 0 unspecified atom stereocenters. The van der Waals surface area contributed by atoms with Gasteiger partial charge in [-0.25, -0.2) is 4.39 Å². The van der Waals surface area contributed by atoms with Crippen LogP contribution in [0.15, 0.2) is 35.6 Å². The summed E-state index contributed by atoms with van der Waals surface area (Å²) >= 11 is 0. The molecule has 0 aliphatic carbocycles. The second-order valence-corrected chi connectivity index (χ2v) is 5.08. The number of nitrogens with zero attached hydrogens (tertiary/aromatic N) is 1. The van der Waals surface area contributed by atoms with Gasteiger partial charge in [0.25, 0.3) is 5.91 Å². The van der Waals surface area contributed by atoms with Gasteiger partial charge in [-0.05, 0) is 31.5 Å². The molecule has 0 saturated heterocycles. The summed E-state index contributed by atoms with van der Waals surface area (Å²) in [6.45, 7) is 2.65. The Morgan fingerprint density at radius 1 is 1.48 bits per heavy atom. The summed E-state index contributed by atoms with van der Waals surface area (Å²) in [6.07, 6.45) is -0.843. The third-order valence-corrected chi connectivity index (χ3v) is 3.31. The van der Waals surface area contributed by atoms with E-state index in [1.165, 1.54) is 36.9 Å². The number of carbonyl (C=O) groups excluding carboxylic acids is 2. The van der Waals surface area contributed by atoms with E-state index in [0.29, 0.717) is 5.56 Å². The number of hydrogen-bond acceptors (Lipinski definition) is 4. The van der Waals surface area contributed by atoms with Crippen LogP contribution in [-0.2, 0) is 9.59 Å². The fraction of sp³-hybridized carbons (Fsp3) is 0.333. The Labute approximate surface area is 121 Å². The molecule has 0 radical (unpaired) electrons. The van der Waals surface area contributed by atoms with Crippen molar-refractivity contribution < 1.29 is 24.2 Å². The van der Waals surface area contributed by atoms with Crippen molar-refractivity contribution in [3.63, 3.8) is 0 Å². The summed E-state index contributed by atoms with van der Waals surface area (Å²) in [7, 11) is 0. The molecule has 1 aliphatic heterocycles. The Balaban J connectivity index is 2.54. The highest BCUT2D eigenvalue weighted by Gasteiger charge is 2.42. The zero-order chi connectivity index (χ0) is 15.7. The van der Waals surface area contributed by atoms with E-state index in [9.17, 15) is 24.2 Å². The van der Waals surface area contributed by atoms with Gasteiger partial charge in [0.05, 0.1) is 17.7 Å². The quantitative estimate of drug-likeness (QED) is 0.881. The van der Waals surface area contributed by atoms with E-state index in [1.807, 2.05) is 0 Å². The van der Waals surface area contributed by atoms with Crippen LogP contribution in [-0.4, -0.2) is 39.5 Å². The Kier molecular flexibility index (Phi) is 4.09. The topological polar surface area (TPSA) is 77.8 Å². The van der Waals surface area contributed by atoms with Gasteiger partial charge in [0.2, 0.25) is 0 Å². The smallest absolute Gasteiger partial charge is 0.290 e. The molecule has 2 atom stereocenters. The second kappa shape index (κ2) is 5.65. The monoisotopic (exact) mass is 293 g/mol. The molecule has 0 fully saturated rings. The molecule has 0 aromatic heterocycles. The summed E-state index contributed by atoms with van der Waals surface area (Å²) in [5, 5.41) is 19.4. The van der Waals surface area contributed by atoms with Crippen LogP contribution in [0.2, 0.25) is 0 Å². The lowest BCUT2D eigenvalue weighted by molar-refractivity contribution is -0.130. The normalized spacial score (nSPS) is 20.1. The van der Waals surface area contributed by atoms with Crippen LogP contribution >= 0.6 is 0 Å². The fourth-order valence-electron chi connectivity index (χ4n) is 2.51. The molecular formula is C15H16FNO4. The van der Waals surface area contributed by atoms with Crippen molar-refractivity contribution in [3.8, 4) is 0 Å². The fourth-order valence-corrected chi connectivity index (χ4v) is 2.51. The maximum absolute atomic E-state index is 13.4. The molecule has 6 heteroatoms. The number of carbonyl (C=O) groups is 2. The molecule has 2 rings (SSSR count). The van der Waals surface area contributed by atoms with E-state index in [4.69, 9.17) is 0 Å². The first-order chi connectivity index (χ1) is 9.82. The number of Topliss-reactive ketones (excluding diaryl/α,β-unsaturated/α-hetero) is 1. The maximum atomic E-state index is 13.4. The van der Waals surface area contributed by atoms with Gasteiger partial charge in [0, 0.05) is 6.54 Å². The number of aliphatic hydroxyl groups excluding tert-OH is 2. The first-order valence-corrected chi connectivity index (χ1v) is 6.51. The van der Waals surface area contributed by atoms with Crippen LogP contribution < -0.4 is 0 Å². The van der Waals surface area contributed by atoms with Crippen LogP contribution in [0.5, 0.6) is 0 Å². The highest BCUT2D eigenvalue weighted by Crippen LogP contribution is 2.37. The van der Waals surface area contributed by atoms with E-state index < -0.39 is 35.4 Å². The van der Waals surface area contributed by atoms with E-state index in [0.717, 1.165) is 0 Å². The van der Waals surface area contributed by atoms with Crippen molar-refractivity contribution in [2.24, 2.45) is 0 Å². The number of benzene rings is 1. The lowest BCUT2D eigenvalue weighted by atomic mass is 9.96. The summed E-state index contributed by atoms with van der Waals surface area (Å²) in [5.74, 6) is -2.36. The molecule has 2 N–H and O–H groups in total. The molecule has 1 heterocycles. The SMILES string of the molecule is CC(=O)C1=C(O)C(=O)N(C[C@H](C)O)[C@@H]1c1cccc(F)c1. The molecule has 1 aliphatic rings. The standard InChI is InChI=1S/C15H16FNO4/c1-8(18)7-17-13(10-4-3-5-11(16)6-10)12(9(2)19)14(20)15(17)21/h3-6,8,13,18,20H,7H2,1-2H3/t8-,13+/m0/s1. The van der Waals surface area contributed by atoms with Gasteiger partial charge in [0.1, 0.15) is 5.82 Å². The third kappa shape index (κ3) is 2.80. The minimum atomic E-state index is -0.889. The van der Waals surface area contributed by atoms with E-state index in [2.05, 4.69) is 0 Å². The average Bonchev–Trinajstić information content (AvgIpc) is 2.63. The van der Waals surface area contributed by atoms with E-state index in [-0.39, 0.29) is 12.1 Å². The van der Waals surface area contributed by atoms with Crippen LogP contribution in [0.25, 0.3) is 0 Å². The molecule has 0 bridgehead atoms. The molecular weight excluding hydrogens is 277 g/mol. The maximum Gasteiger partial charge on any atom is 0.290 e. The molecule has 112 valence electrons. The molecule has 0 saturated carbocycles. The highest BCUT2D eigenvalue weighted by molar-refractivity contribution is 6.08. The summed E-state index contributed by atoms with van der Waals surface area (Å²) < 4.78 is 13.4. The predicted octanol–water partition coefficient (Wildman–Crippen LogP) is 1.49. The lowest BCUT2D eigenvalue weighted by Crippen LogP contribution is -2.36. The number of ketones is 1. The zero-order valence-electron chi connectivity index (χ0n) is 11.7. The Morgan fingerprint density at radius 2 is 2.14 bits per heavy atom. The molecule has 1 amide bonds. The summed E-state index contributed by atoms with van der Waals surface area (Å²) in [6, 6.07) is 4.59. The highest BCUT2D eigenvalue weighted by atomic mass is 19.1. The average molecular weight is 293 g/mol. The number of aliphatic hydroxyl groups is 2. The van der Waals surface area contributed by atoms with Crippen molar-refractivity contribution >= 4 is 11.7 Å². The Bertz CT molecular complexity index is 624. The van der Waals surface area contributed by atoms with Gasteiger partial charge < -0.3 is 15.1 Å². The first kappa shape index (κ1) is 15.2. The molecule has 0 spiro atoms. The number of halogens is 1. The minimum absolute atomic E-state index is 0.0686. The van der Waals surface area contributed by atoms with Gasteiger partial charge in [-0.15, -0.1) is 0 Å². The third-order valence-electron chi connectivity index (χ3n) is 3.31. The summed E-state index contributed by atoms with van der Waals surface area (Å²) in [4.78, 5) is 25.0. The Hall–Kier alpha value is -2.21. The second-order valence-electron chi connectivity index (χ2n) is 5.08. The van der Waals surface area contributed by atoms with Gasteiger partial charge in [-0.1, -0.05) is 12.1 Å². The van der Waals surface area contributed by atoms with Crippen molar-refractivity contribution in [2.45, 2.75) is 26.0 Å². The molecule has 1 aromatic carbocycles. The van der Waals surface area contributed by atoms with Crippen LogP contribution in [0.3, 0.4) is 0 Å². The molecule has 1 aromatic rings. The van der Waals surface area contributed by atoms with Gasteiger partial charge in [-0.2, -0.15) is 0 Å². The number of hydrogen-bond donors (Lipinski definition) is 2. The van der Waals surface area contributed by atoms with Crippen LogP contribution in [0, 0.1) is 5.82 Å². The van der Waals surface area contributed by atoms with Crippen molar-refractivity contribution in [1.29, 1.82) is 0 Å². The van der Waals surface area contributed by atoms with E-state index in [1.54, 1.807) is 6.07 Å². The zero-order valence-corrected chi connectivity index (χ0v) is 11.7. The molecule has 21 heavy (non-hydrogen) atoms. The van der Waals surface area contributed by atoms with E-state index >= 15 is 0 Å². The van der Waals surface area contributed by atoms with Crippen LogP contribution in [0.1, 0.15) is 25.5 Å². The number of β-amino-alcohol motifs (C(OH)–C–C–N with tert-alkyl or cyclic N) is 1. The molecule has 5 nitrogen and oxygen atoms in total. The lowest BCUT2D eigenvalue weighted by Gasteiger charge is -2.27. The number of amides is 1. The Morgan fingerprint density at radius 3 is 2.67 bits per heavy atom.